The van der Waals surface area contributed by atoms with Crippen LogP contribution in [0.3, 0.4) is 0 Å². The minimum atomic E-state index is 0.192. The van der Waals surface area contributed by atoms with E-state index in [0.717, 1.165) is 5.56 Å². The molecule has 92 valence electrons. The molecule has 0 spiro atoms. The topological polar surface area (TPSA) is 79.5 Å². The smallest absolute Gasteiger partial charge is 0.231 e. The quantitative estimate of drug-likeness (QED) is 0.862. The van der Waals surface area contributed by atoms with E-state index >= 15 is 0 Å². The van der Waals surface area contributed by atoms with E-state index in [1.807, 2.05) is 6.07 Å². The third kappa shape index (κ3) is 1.67. The van der Waals surface area contributed by atoms with Crippen molar-refractivity contribution < 1.29 is 14.2 Å². The van der Waals surface area contributed by atoms with E-state index in [-0.39, 0.29) is 6.79 Å². The molecular formula is C12H11N3O3. The van der Waals surface area contributed by atoms with E-state index in [1.165, 1.54) is 0 Å². The molecule has 0 fully saturated rings. The molecule has 0 radical (unpaired) electrons. The second kappa shape index (κ2) is 4.06. The second-order valence-electron chi connectivity index (χ2n) is 3.75. The monoisotopic (exact) mass is 245 g/mol. The van der Waals surface area contributed by atoms with E-state index in [2.05, 4.69) is 9.97 Å². The summed E-state index contributed by atoms with van der Waals surface area (Å²) in [5, 5.41) is 0. The summed E-state index contributed by atoms with van der Waals surface area (Å²) in [5.74, 6) is 2.39. The summed E-state index contributed by atoms with van der Waals surface area (Å²) in [5.41, 5.74) is 6.86. The van der Waals surface area contributed by atoms with E-state index in [4.69, 9.17) is 19.9 Å². The van der Waals surface area contributed by atoms with Gasteiger partial charge in [-0.15, -0.1) is 0 Å². The van der Waals surface area contributed by atoms with E-state index in [1.54, 1.807) is 25.6 Å². The lowest BCUT2D eigenvalue weighted by Gasteiger charge is -2.07. The van der Waals surface area contributed by atoms with Gasteiger partial charge in [0.2, 0.25) is 12.5 Å². The number of hydrogen-bond donors (Lipinski definition) is 1. The normalized spacial score (nSPS) is 12.5. The van der Waals surface area contributed by atoms with Gasteiger partial charge in [-0.1, -0.05) is 0 Å². The lowest BCUT2D eigenvalue weighted by Crippen LogP contribution is -1.94. The third-order valence-electron chi connectivity index (χ3n) is 2.59. The molecule has 2 aromatic rings. The standard InChI is InChI=1S/C12H11N3O3/c1-16-9-2-7(3-10-11(9)18-6-17-10)12-14-4-8(13)5-15-12/h2-5H,6,13H2,1H3. The van der Waals surface area contributed by atoms with E-state index in [0.29, 0.717) is 28.8 Å². The van der Waals surface area contributed by atoms with Crippen LogP contribution < -0.4 is 19.9 Å². The van der Waals surface area contributed by atoms with Crippen LogP contribution in [0.1, 0.15) is 0 Å². The van der Waals surface area contributed by atoms with Crippen molar-refractivity contribution in [2.75, 3.05) is 19.6 Å². The minimum Gasteiger partial charge on any atom is -0.493 e. The fraction of sp³-hybridized carbons (Fsp3) is 0.167. The molecule has 1 aliphatic rings. The number of hydrogen-bond acceptors (Lipinski definition) is 6. The molecule has 1 aromatic carbocycles. The number of nitrogen functional groups attached to an aromatic ring is 1. The molecule has 1 aliphatic heterocycles. The Morgan fingerprint density at radius 2 is 2.00 bits per heavy atom. The Morgan fingerprint density at radius 1 is 1.22 bits per heavy atom. The lowest BCUT2D eigenvalue weighted by molar-refractivity contribution is 0.171. The molecule has 0 saturated carbocycles. The number of ether oxygens (including phenoxy) is 3. The van der Waals surface area contributed by atoms with Crippen LogP contribution in [0.25, 0.3) is 11.4 Å². The Morgan fingerprint density at radius 3 is 2.72 bits per heavy atom. The van der Waals surface area contributed by atoms with Crippen molar-refractivity contribution in [2.45, 2.75) is 0 Å². The van der Waals surface area contributed by atoms with Crippen molar-refractivity contribution in [1.29, 1.82) is 0 Å². The average Bonchev–Trinajstić information content (AvgIpc) is 2.86. The Hall–Kier alpha value is -2.50. The van der Waals surface area contributed by atoms with Crippen molar-refractivity contribution in [3.63, 3.8) is 0 Å². The van der Waals surface area contributed by atoms with Crippen LogP contribution in [0.5, 0.6) is 17.2 Å². The SMILES string of the molecule is COc1cc(-c2ncc(N)cn2)cc2c1OCO2. The maximum absolute atomic E-state index is 5.56. The third-order valence-corrected chi connectivity index (χ3v) is 2.59. The number of fused-ring (bicyclic) bond motifs is 1. The Labute approximate surface area is 103 Å². The first-order valence-corrected chi connectivity index (χ1v) is 5.33. The Bertz CT molecular complexity index is 584. The van der Waals surface area contributed by atoms with Crippen molar-refractivity contribution in [3.05, 3.63) is 24.5 Å². The molecule has 0 bridgehead atoms. The van der Waals surface area contributed by atoms with Crippen LogP contribution >= 0.6 is 0 Å². The fourth-order valence-corrected chi connectivity index (χ4v) is 1.75. The summed E-state index contributed by atoms with van der Waals surface area (Å²) >= 11 is 0. The van der Waals surface area contributed by atoms with Gasteiger partial charge in [0.15, 0.2) is 17.3 Å². The summed E-state index contributed by atoms with van der Waals surface area (Å²) in [6, 6.07) is 3.62. The number of methoxy groups -OCH3 is 1. The molecule has 18 heavy (non-hydrogen) atoms. The summed E-state index contributed by atoms with van der Waals surface area (Å²) in [6.07, 6.45) is 3.11. The molecule has 6 nitrogen and oxygen atoms in total. The highest BCUT2D eigenvalue weighted by molar-refractivity contribution is 5.67. The molecule has 3 rings (SSSR count). The van der Waals surface area contributed by atoms with Crippen molar-refractivity contribution in [1.82, 2.24) is 9.97 Å². The molecule has 2 heterocycles. The fourth-order valence-electron chi connectivity index (χ4n) is 1.75. The molecule has 0 amide bonds. The van der Waals surface area contributed by atoms with Gasteiger partial charge in [0.25, 0.3) is 0 Å². The zero-order valence-electron chi connectivity index (χ0n) is 9.71. The minimum absolute atomic E-state index is 0.192. The first kappa shape index (κ1) is 10.6. The number of nitrogens with two attached hydrogens (primary N) is 1. The van der Waals surface area contributed by atoms with Gasteiger partial charge in [-0.2, -0.15) is 0 Å². The van der Waals surface area contributed by atoms with Gasteiger partial charge in [0.1, 0.15) is 0 Å². The number of aromatic nitrogens is 2. The van der Waals surface area contributed by atoms with Crippen LogP contribution in [-0.2, 0) is 0 Å². The first-order chi connectivity index (χ1) is 8.78. The highest BCUT2D eigenvalue weighted by atomic mass is 16.7. The van der Waals surface area contributed by atoms with Gasteiger partial charge in [-0.25, -0.2) is 9.97 Å². The first-order valence-electron chi connectivity index (χ1n) is 5.33. The molecule has 0 saturated heterocycles. The molecule has 0 unspecified atom stereocenters. The largest absolute Gasteiger partial charge is 0.493 e. The molecule has 6 heteroatoms. The van der Waals surface area contributed by atoms with Crippen LogP contribution in [0.15, 0.2) is 24.5 Å². The van der Waals surface area contributed by atoms with Crippen LogP contribution in [-0.4, -0.2) is 23.9 Å². The van der Waals surface area contributed by atoms with Gasteiger partial charge < -0.3 is 19.9 Å². The van der Waals surface area contributed by atoms with Gasteiger partial charge >= 0.3 is 0 Å². The average molecular weight is 245 g/mol. The summed E-state index contributed by atoms with van der Waals surface area (Å²) in [7, 11) is 1.57. The van der Waals surface area contributed by atoms with Crippen molar-refractivity contribution >= 4 is 5.69 Å². The van der Waals surface area contributed by atoms with E-state index < -0.39 is 0 Å². The number of nitrogens with zero attached hydrogens (tertiary/aromatic N) is 2. The predicted octanol–water partition coefficient (Wildman–Crippen LogP) is 1.46. The molecule has 2 N–H and O–H groups in total. The molecular weight excluding hydrogens is 234 g/mol. The summed E-state index contributed by atoms with van der Waals surface area (Å²) in [4.78, 5) is 8.32. The second-order valence-corrected chi connectivity index (χ2v) is 3.75. The van der Waals surface area contributed by atoms with Crippen LogP contribution in [0, 0.1) is 0 Å². The van der Waals surface area contributed by atoms with Gasteiger partial charge in [0.05, 0.1) is 25.2 Å². The number of benzene rings is 1. The van der Waals surface area contributed by atoms with Crippen molar-refractivity contribution in [3.8, 4) is 28.6 Å². The maximum Gasteiger partial charge on any atom is 0.231 e. The number of anilines is 1. The Balaban J connectivity index is 2.10. The highest BCUT2D eigenvalue weighted by Gasteiger charge is 2.21. The lowest BCUT2D eigenvalue weighted by atomic mass is 10.1. The zero-order chi connectivity index (χ0) is 12.5. The van der Waals surface area contributed by atoms with Gasteiger partial charge in [-0.05, 0) is 12.1 Å². The molecule has 1 aromatic heterocycles. The van der Waals surface area contributed by atoms with Crippen LogP contribution in [0.4, 0.5) is 5.69 Å². The zero-order valence-corrected chi connectivity index (χ0v) is 9.71. The van der Waals surface area contributed by atoms with Gasteiger partial charge in [-0.3, -0.25) is 0 Å². The summed E-state index contributed by atoms with van der Waals surface area (Å²) < 4.78 is 15.9. The number of rotatable bonds is 2. The van der Waals surface area contributed by atoms with Crippen LogP contribution in [0.2, 0.25) is 0 Å². The van der Waals surface area contributed by atoms with E-state index in [9.17, 15) is 0 Å². The maximum atomic E-state index is 5.56. The molecule has 0 atom stereocenters. The Kier molecular flexibility index (Phi) is 2.40. The van der Waals surface area contributed by atoms with Gasteiger partial charge in [0, 0.05) is 5.56 Å². The summed E-state index contributed by atoms with van der Waals surface area (Å²) in [6.45, 7) is 0.192. The highest BCUT2D eigenvalue weighted by Crippen LogP contribution is 2.43. The van der Waals surface area contributed by atoms with Crippen molar-refractivity contribution in [2.24, 2.45) is 0 Å². The molecule has 0 aliphatic carbocycles. The predicted molar refractivity (Wildman–Crippen MR) is 64.6 cm³/mol.